The maximum Gasteiger partial charge on any atom is 0.00415 e. The van der Waals surface area contributed by atoms with E-state index in [0.29, 0.717) is 0 Å². The van der Waals surface area contributed by atoms with E-state index in [1.807, 2.05) is 0 Å². The van der Waals surface area contributed by atoms with Crippen LogP contribution in [-0.2, 0) is 0 Å². The molecule has 0 saturated heterocycles. The van der Waals surface area contributed by atoms with E-state index in [4.69, 9.17) is 0 Å². The van der Waals surface area contributed by atoms with Gasteiger partial charge in [-0.05, 0) is 48.4 Å². The van der Waals surface area contributed by atoms with Crippen LogP contribution in [0.3, 0.4) is 0 Å². The summed E-state index contributed by atoms with van der Waals surface area (Å²) in [6, 6.07) is 17.6. The molecule has 0 atom stereocenters. The summed E-state index contributed by atoms with van der Waals surface area (Å²) in [6.45, 7) is 4.38. The zero-order valence-corrected chi connectivity index (χ0v) is 12.2. The van der Waals surface area contributed by atoms with Gasteiger partial charge in [0.15, 0.2) is 0 Å². The average molecular weight is 266 g/mol. The van der Waals surface area contributed by atoms with E-state index in [1.165, 1.54) is 20.9 Å². The Morgan fingerprint density at radius 3 is 2.11 bits per heavy atom. The SMILES string of the molecule is Cc1ccc(S2(c3ccccc3)C=CC=C2)c(C)c1. The van der Waals surface area contributed by atoms with Crippen molar-refractivity contribution in [2.24, 2.45) is 0 Å². The van der Waals surface area contributed by atoms with E-state index in [0.717, 1.165) is 0 Å². The highest BCUT2D eigenvalue weighted by Gasteiger charge is 2.26. The molecule has 0 nitrogen and oxygen atoms in total. The highest BCUT2D eigenvalue weighted by Crippen LogP contribution is 2.67. The summed E-state index contributed by atoms with van der Waals surface area (Å²) in [7, 11) is -1.13. The second-order valence-corrected chi connectivity index (χ2v) is 7.82. The zero-order chi connectivity index (χ0) is 13.3. The third-order valence-electron chi connectivity index (χ3n) is 3.53. The van der Waals surface area contributed by atoms with Gasteiger partial charge in [-0.15, -0.1) is 10.0 Å². The van der Waals surface area contributed by atoms with Gasteiger partial charge in [0, 0.05) is 9.79 Å². The minimum Gasteiger partial charge on any atom is -0.146 e. The molecule has 19 heavy (non-hydrogen) atoms. The van der Waals surface area contributed by atoms with E-state index in [-0.39, 0.29) is 0 Å². The fourth-order valence-corrected chi connectivity index (χ4v) is 5.76. The molecule has 3 rings (SSSR count). The van der Waals surface area contributed by atoms with Crippen LogP contribution in [0.1, 0.15) is 11.1 Å². The van der Waals surface area contributed by atoms with Crippen LogP contribution in [0.5, 0.6) is 0 Å². The molecule has 2 aromatic rings. The Morgan fingerprint density at radius 1 is 0.789 bits per heavy atom. The highest BCUT2D eigenvalue weighted by atomic mass is 32.3. The van der Waals surface area contributed by atoms with Crippen LogP contribution < -0.4 is 0 Å². The second kappa shape index (κ2) is 4.75. The van der Waals surface area contributed by atoms with Crippen LogP contribution in [0, 0.1) is 13.8 Å². The van der Waals surface area contributed by atoms with Gasteiger partial charge in [0.1, 0.15) is 0 Å². The van der Waals surface area contributed by atoms with Crippen LogP contribution in [0.4, 0.5) is 0 Å². The van der Waals surface area contributed by atoms with Crippen molar-refractivity contribution in [3.05, 3.63) is 82.6 Å². The Bertz CT molecular complexity index is 639. The predicted octanol–water partition coefficient (Wildman–Crippen LogP) is 5.57. The van der Waals surface area contributed by atoms with Gasteiger partial charge >= 0.3 is 0 Å². The van der Waals surface area contributed by atoms with E-state index >= 15 is 0 Å². The Hall–Kier alpha value is -1.73. The molecule has 0 fully saturated rings. The Morgan fingerprint density at radius 2 is 1.47 bits per heavy atom. The Balaban J connectivity index is 2.23. The summed E-state index contributed by atoms with van der Waals surface area (Å²) in [5.41, 5.74) is 2.71. The lowest BCUT2D eigenvalue weighted by Gasteiger charge is -2.34. The third-order valence-corrected chi connectivity index (χ3v) is 6.94. The first-order valence-corrected chi connectivity index (χ1v) is 8.29. The molecule has 1 aliphatic heterocycles. The van der Waals surface area contributed by atoms with Gasteiger partial charge in [0.05, 0.1) is 0 Å². The molecule has 1 aliphatic rings. The lowest BCUT2D eigenvalue weighted by molar-refractivity contribution is 1.24. The molecule has 0 radical (unpaired) electrons. The third kappa shape index (κ3) is 2.04. The topological polar surface area (TPSA) is 0 Å². The minimum absolute atomic E-state index is 1.13. The summed E-state index contributed by atoms with van der Waals surface area (Å²) in [4.78, 5) is 2.86. The summed E-state index contributed by atoms with van der Waals surface area (Å²) < 4.78 is 0. The summed E-state index contributed by atoms with van der Waals surface area (Å²) in [6.07, 6.45) is 4.36. The lowest BCUT2D eigenvalue weighted by atomic mass is 10.2. The summed E-state index contributed by atoms with van der Waals surface area (Å²) in [5.74, 6) is 0. The zero-order valence-electron chi connectivity index (χ0n) is 11.3. The maximum absolute atomic E-state index is 2.38. The molecular weight excluding hydrogens is 248 g/mol. The fraction of sp³-hybridized carbons (Fsp3) is 0.111. The molecule has 96 valence electrons. The molecule has 0 spiro atoms. The first kappa shape index (κ1) is 12.3. The van der Waals surface area contributed by atoms with Crippen LogP contribution in [0.15, 0.2) is 81.3 Å². The molecule has 0 unspecified atom stereocenters. The molecule has 1 heterocycles. The van der Waals surface area contributed by atoms with Gasteiger partial charge in [0.25, 0.3) is 0 Å². The molecule has 0 amide bonds. The molecule has 2 aromatic carbocycles. The second-order valence-electron chi connectivity index (χ2n) is 4.95. The van der Waals surface area contributed by atoms with E-state index in [2.05, 4.69) is 85.3 Å². The normalized spacial score (nSPS) is 17.6. The van der Waals surface area contributed by atoms with Gasteiger partial charge in [-0.1, -0.05) is 48.0 Å². The number of hydrogen-bond donors (Lipinski definition) is 0. The van der Waals surface area contributed by atoms with Crippen molar-refractivity contribution >= 4 is 10.0 Å². The quantitative estimate of drug-likeness (QED) is 0.667. The van der Waals surface area contributed by atoms with Crippen molar-refractivity contribution < 1.29 is 0 Å². The smallest absolute Gasteiger partial charge is 0.00415 e. The van der Waals surface area contributed by atoms with Gasteiger partial charge in [0.2, 0.25) is 0 Å². The average Bonchev–Trinajstić information content (AvgIpc) is 2.90. The van der Waals surface area contributed by atoms with Crippen molar-refractivity contribution in [1.29, 1.82) is 0 Å². The molecule has 1 heteroatoms. The molecule has 0 bridgehead atoms. The van der Waals surface area contributed by atoms with Gasteiger partial charge in [-0.25, -0.2) is 0 Å². The van der Waals surface area contributed by atoms with Crippen molar-refractivity contribution in [2.45, 2.75) is 23.6 Å². The maximum atomic E-state index is 2.38. The fourth-order valence-electron chi connectivity index (χ4n) is 2.64. The number of rotatable bonds is 2. The molecule has 0 aromatic heterocycles. The van der Waals surface area contributed by atoms with Gasteiger partial charge in [-0.3, -0.25) is 0 Å². The highest BCUT2D eigenvalue weighted by molar-refractivity contribution is 8.38. The van der Waals surface area contributed by atoms with Crippen LogP contribution in [-0.4, -0.2) is 0 Å². The number of aryl methyl sites for hydroxylation is 2. The van der Waals surface area contributed by atoms with Crippen LogP contribution in [0.2, 0.25) is 0 Å². The Labute approximate surface area is 116 Å². The number of allylic oxidation sites excluding steroid dienone is 2. The van der Waals surface area contributed by atoms with E-state index < -0.39 is 10.0 Å². The molecular formula is C18H18S. The van der Waals surface area contributed by atoms with E-state index in [1.54, 1.807) is 0 Å². The molecule has 0 N–H and O–H groups in total. The van der Waals surface area contributed by atoms with Crippen LogP contribution in [0.25, 0.3) is 0 Å². The van der Waals surface area contributed by atoms with Crippen molar-refractivity contribution in [3.63, 3.8) is 0 Å². The largest absolute Gasteiger partial charge is 0.146 e. The molecule has 0 aliphatic carbocycles. The monoisotopic (exact) mass is 266 g/mol. The van der Waals surface area contributed by atoms with Crippen LogP contribution >= 0.6 is 10.0 Å². The van der Waals surface area contributed by atoms with Gasteiger partial charge in [-0.2, -0.15) is 0 Å². The molecule has 0 saturated carbocycles. The standard InChI is InChI=1S/C18H18S/c1-15-10-11-18(16(2)14-15)19(12-6-7-13-19)17-8-4-3-5-9-17/h3-14H,1-2H3. The number of benzene rings is 2. The van der Waals surface area contributed by atoms with Crippen molar-refractivity contribution in [1.82, 2.24) is 0 Å². The predicted molar refractivity (Wildman–Crippen MR) is 84.8 cm³/mol. The minimum atomic E-state index is -1.13. The van der Waals surface area contributed by atoms with Crippen molar-refractivity contribution in [2.75, 3.05) is 0 Å². The first-order chi connectivity index (χ1) is 9.22. The van der Waals surface area contributed by atoms with Crippen molar-refractivity contribution in [3.8, 4) is 0 Å². The first-order valence-electron chi connectivity index (χ1n) is 6.53. The lowest BCUT2D eigenvalue weighted by Crippen LogP contribution is -1.97. The summed E-state index contributed by atoms with van der Waals surface area (Å²) >= 11 is 0. The van der Waals surface area contributed by atoms with E-state index in [9.17, 15) is 0 Å². The van der Waals surface area contributed by atoms with Gasteiger partial charge < -0.3 is 0 Å². The number of hydrogen-bond acceptors (Lipinski definition) is 0. The Kier molecular flexibility index (Phi) is 3.08. The summed E-state index contributed by atoms with van der Waals surface area (Å²) in [5, 5.41) is 4.75.